The number of benzene rings is 5. The highest BCUT2D eigenvalue weighted by Crippen LogP contribution is 2.44. The second-order valence-corrected chi connectivity index (χ2v) is 10.4. The summed E-state index contributed by atoms with van der Waals surface area (Å²) in [7, 11) is 0. The molecule has 2 aromatic heterocycles. The van der Waals surface area contributed by atoms with Crippen LogP contribution in [0.15, 0.2) is 134 Å². The Morgan fingerprint density at radius 2 is 0.975 bits per heavy atom. The average molecular weight is 513 g/mol. The van der Waals surface area contributed by atoms with Crippen LogP contribution in [0.4, 0.5) is 0 Å². The molecule has 0 bridgehead atoms. The van der Waals surface area contributed by atoms with Crippen molar-refractivity contribution in [2.75, 3.05) is 0 Å². The van der Waals surface area contributed by atoms with Crippen molar-refractivity contribution >= 4 is 21.5 Å². The number of nitrogens with zero attached hydrogens (tertiary/aromatic N) is 2. The van der Waals surface area contributed by atoms with Crippen LogP contribution in [0.2, 0.25) is 0 Å². The molecule has 7 aromatic rings. The van der Waals surface area contributed by atoms with Crippen molar-refractivity contribution in [2.45, 2.75) is 13.8 Å². The number of rotatable bonds is 4. The Bertz CT molecular complexity index is 1930. The van der Waals surface area contributed by atoms with E-state index in [0.717, 1.165) is 28.1 Å². The van der Waals surface area contributed by atoms with Crippen molar-refractivity contribution in [2.24, 2.45) is 0 Å². The molecule has 0 fully saturated rings. The summed E-state index contributed by atoms with van der Waals surface area (Å²) < 4.78 is 0. The van der Waals surface area contributed by atoms with Crippen LogP contribution in [0.3, 0.4) is 0 Å². The van der Waals surface area contributed by atoms with Crippen LogP contribution >= 0.6 is 0 Å². The lowest BCUT2D eigenvalue weighted by Gasteiger charge is -2.18. The topological polar surface area (TPSA) is 25.8 Å². The molecule has 2 heterocycles. The Balaban J connectivity index is 1.43. The van der Waals surface area contributed by atoms with E-state index in [1.165, 1.54) is 49.4 Å². The highest BCUT2D eigenvalue weighted by Gasteiger charge is 2.17. The van der Waals surface area contributed by atoms with Crippen LogP contribution < -0.4 is 0 Å². The highest BCUT2D eigenvalue weighted by molar-refractivity contribution is 6.21. The van der Waals surface area contributed by atoms with Gasteiger partial charge in [0.2, 0.25) is 0 Å². The van der Waals surface area contributed by atoms with Gasteiger partial charge in [0.15, 0.2) is 0 Å². The van der Waals surface area contributed by atoms with Crippen LogP contribution in [0, 0.1) is 13.8 Å². The molecule has 0 amide bonds. The lowest BCUT2D eigenvalue weighted by atomic mass is 9.85. The van der Waals surface area contributed by atoms with Gasteiger partial charge >= 0.3 is 0 Å². The molecule has 40 heavy (non-hydrogen) atoms. The molecule has 7 rings (SSSR count). The minimum atomic E-state index is 0.988. The molecule has 5 aromatic carbocycles. The second-order valence-electron chi connectivity index (χ2n) is 10.4. The molecule has 0 saturated carbocycles. The quantitative estimate of drug-likeness (QED) is 0.219. The van der Waals surface area contributed by atoms with Gasteiger partial charge < -0.3 is 0 Å². The lowest BCUT2D eigenvalue weighted by molar-refractivity contribution is 1.20. The molecule has 0 saturated heterocycles. The van der Waals surface area contributed by atoms with Gasteiger partial charge in [0.05, 0.1) is 5.69 Å². The maximum atomic E-state index is 4.69. The fourth-order valence-electron chi connectivity index (χ4n) is 5.69. The Kier molecular flexibility index (Phi) is 5.94. The van der Waals surface area contributed by atoms with Crippen LogP contribution in [0.5, 0.6) is 0 Å². The molecule has 0 unspecified atom stereocenters. The largest absolute Gasteiger partial charge is 0.261 e. The number of hydrogen-bond acceptors (Lipinski definition) is 2. The van der Waals surface area contributed by atoms with Gasteiger partial charge in [-0.2, -0.15) is 0 Å². The van der Waals surface area contributed by atoms with Gasteiger partial charge in [-0.15, -0.1) is 0 Å². The van der Waals surface area contributed by atoms with Gasteiger partial charge in [-0.3, -0.25) is 9.97 Å². The normalized spacial score (nSPS) is 11.2. The molecule has 0 atom stereocenters. The zero-order chi connectivity index (χ0) is 27.1. The Hall–Kier alpha value is -5.08. The molecule has 0 N–H and O–H groups in total. The molecule has 0 aliphatic heterocycles. The minimum absolute atomic E-state index is 0.988. The summed E-state index contributed by atoms with van der Waals surface area (Å²) in [5, 5.41) is 4.99. The van der Waals surface area contributed by atoms with Crippen molar-refractivity contribution in [1.29, 1.82) is 0 Å². The molecule has 0 spiro atoms. The van der Waals surface area contributed by atoms with Crippen molar-refractivity contribution in [3.05, 3.63) is 145 Å². The third kappa shape index (κ3) is 4.24. The summed E-state index contributed by atoms with van der Waals surface area (Å²) in [6.45, 7) is 4.09. The third-order valence-electron chi connectivity index (χ3n) is 7.71. The zero-order valence-corrected chi connectivity index (χ0v) is 22.6. The number of fused-ring (bicyclic) bond motifs is 2. The van der Waals surface area contributed by atoms with Crippen molar-refractivity contribution < 1.29 is 0 Å². The number of pyridine rings is 2. The molecule has 0 radical (unpaired) electrons. The Morgan fingerprint density at radius 3 is 1.55 bits per heavy atom. The fourth-order valence-corrected chi connectivity index (χ4v) is 5.69. The van der Waals surface area contributed by atoms with Crippen molar-refractivity contribution in [1.82, 2.24) is 9.97 Å². The van der Waals surface area contributed by atoms with E-state index in [1.807, 2.05) is 19.3 Å². The fraction of sp³-hybridized carbons (Fsp3) is 0.0526. The monoisotopic (exact) mass is 512 g/mol. The van der Waals surface area contributed by atoms with E-state index >= 15 is 0 Å². The predicted octanol–water partition coefficient (Wildman–Crippen LogP) is 10.1. The van der Waals surface area contributed by atoms with Crippen molar-refractivity contribution in [3.63, 3.8) is 0 Å². The summed E-state index contributed by atoms with van der Waals surface area (Å²) in [4.78, 5) is 9.17. The number of hydrogen-bond donors (Lipinski definition) is 0. The van der Waals surface area contributed by atoms with Gasteiger partial charge in [0.25, 0.3) is 0 Å². The molecule has 2 heteroatoms. The van der Waals surface area contributed by atoms with Crippen LogP contribution in [-0.2, 0) is 0 Å². The van der Waals surface area contributed by atoms with E-state index in [2.05, 4.69) is 133 Å². The summed E-state index contributed by atoms with van der Waals surface area (Å²) in [6.07, 6.45) is 3.88. The van der Waals surface area contributed by atoms with E-state index in [4.69, 9.17) is 4.98 Å². The first-order valence-corrected chi connectivity index (χ1v) is 13.7. The number of aromatic nitrogens is 2. The summed E-state index contributed by atoms with van der Waals surface area (Å²) in [6, 6.07) is 43.7. The average Bonchev–Trinajstić information content (AvgIpc) is 3.01. The van der Waals surface area contributed by atoms with Crippen molar-refractivity contribution in [3.8, 4) is 44.6 Å². The lowest BCUT2D eigenvalue weighted by Crippen LogP contribution is -1.92. The molecule has 190 valence electrons. The van der Waals surface area contributed by atoms with E-state index in [1.54, 1.807) is 0 Å². The van der Waals surface area contributed by atoms with Crippen LogP contribution in [-0.4, -0.2) is 9.97 Å². The van der Waals surface area contributed by atoms with E-state index in [0.29, 0.717) is 0 Å². The first kappa shape index (κ1) is 24.0. The van der Waals surface area contributed by atoms with Gasteiger partial charge in [0.1, 0.15) is 0 Å². The molecule has 2 nitrogen and oxygen atoms in total. The van der Waals surface area contributed by atoms with Crippen LogP contribution in [0.1, 0.15) is 11.3 Å². The van der Waals surface area contributed by atoms with E-state index < -0.39 is 0 Å². The minimum Gasteiger partial charge on any atom is -0.261 e. The van der Waals surface area contributed by atoms with Crippen LogP contribution in [0.25, 0.3) is 66.2 Å². The predicted molar refractivity (Wildman–Crippen MR) is 168 cm³/mol. The van der Waals surface area contributed by atoms with Gasteiger partial charge in [-0.05, 0) is 87.0 Å². The standard InChI is InChI=1S/C38H28N2/c1-25-14-21-36(40-23-25)29-8-7-9-30(22-29)38-34-12-5-3-10-32(34)37(33-11-4-6-13-35(33)38)28-19-17-27(18-20-28)31-16-15-26(2)39-24-31/h3-24H,1-2H3. The van der Waals surface area contributed by atoms with Gasteiger partial charge in [0, 0.05) is 29.2 Å². The maximum absolute atomic E-state index is 4.69. The zero-order valence-electron chi connectivity index (χ0n) is 22.6. The highest BCUT2D eigenvalue weighted by atomic mass is 14.7. The summed E-state index contributed by atoms with van der Waals surface area (Å²) in [5.74, 6) is 0. The third-order valence-corrected chi connectivity index (χ3v) is 7.71. The molecule has 0 aliphatic rings. The van der Waals surface area contributed by atoms with E-state index in [9.17, 15) is 0 Å². The molecular formula is C38H28N2. The SMILES string of the molecule is Cc1ccc(-c2cccc(-c3c4ccccc4c(-c4ccc(-c5ccc(C)nc5)cc4)c4ccccc34)c2)nc1. The maximum Gasteiger partial charge on any atom is 0.0702 e. The van der Waals surface area contributed by atoms with Gasteiger partial charge in [-0.1, -0.05) is 103 Å². The smallest absolute Gasteiger partial charge is 0.0702 e. The second kappa shape index (κ2) is 9.91. The molecular weight excluding hydrogens is 484 g/mol. The summed E-state index contributed by atoms with van der Waals surface area (Å²) in [5.41, 5.74) is 11.5. The van der Waals surface area contributed by atoms with E-state index in [-0.39, 0.29) is 0 Å². The first-order chi connectivity index (χ1) is 19.7. The number of aryl methyl sites for hydroxylation is 2. The summed E-state index contributed by atoms with van der Waals surface area (Å²) >= 11 is 0. The van der Waals surface area contributed by atoms with Gasteiger partial charge in [-0.25, -0.2) is 0 Å². The molecule has 0 aliphatic carbocycles. The Labute approximate surface area is 234 Å². The first-order valence-electron chi connectivity index (χ1n) is 13.7. The Morgan fingerprint density at radius 1 is 0.400 bits per heavy atom.